The third-order valence-electron chi connectivity index (χ3n) is 4.68. The van der Waals surface area contributed by atoms with E-state index in [1.165, 1.54) is 12.1 Å². The first-order valence-corrected chi connectivity index (χ1v) is 8.22. The molecule has 2 saturated heterocycles. The van der Waals surface area contributed by atoms with Crippen molar-refractivity contribution >= 4 is 11.4 Å². The van der Waals surface area contributed by atoms with E-state index in [1.54, 1.807) is 0 Å². The van der Waals surface area contributed by atoms with Crippen molar-refractivity contribution in [2.45, 2.75) is 12.5 Å². The van der Waals surface area contributed by atoms with Crippen LogP contribution in [0, 0.1) is 21.8 Å². The van der Waals surface area contributed by atoms with E-state index >= 15 is 0 Å². The van der Waals surface area contributed by atoms with Gasteiger partial charge in [-0.1, -0.05) is 0 Å². The maximum absolute atomic E-state index is 13.3. The van der Waals surface area contributed by atoms with Crippen LogP contribution in [0.2, 0.25) is 0 Å². The van der Waals surface area contributed by atoms with E-state index in [0.717, 1.165) is 32.2 Å². The van der Waals surface area contributed by atoms with Gasteiger partial charge in [0.05, 0.1) is 30.8 Å². The molecule has 0 radical (unpaired) electrons. The van der Waals surface area contributed by atoms with Crippen molar-refractivity contribution in [1.82, 2.24) is 4.90 Å². The molecule has 1 aromatic rings. The van der Waals surface area contributed by atoms with Crippen LogP contribution in [0.4, 0.5) is 15.8 Å². The highest BCUT2D eigenvalue weighted by Crippen LogP contribution is 2.27. The Morgan fingerprint density at radius 3 is 2.79 bits per heavy atom. The monoisotopic (exact) mass is 339 g/mol. The van der Waals surface area contributed by atoms with Crippen molar-refractivity contribution in [3.8, 4) is 0 Å². The molecule has 3 rings (SSSR count). The molecule has 1 N–H and O–H groups in total. The molecule has 0 unspecified atom stereocenters. The fourth-order valence-corrected chi connectivity index (χ4v) is 3.38. The number of benzene rings is 1. The molecular formula is C16H22FN3O4. The molecular weight excluding hydrogens is 317 g/mol. The average Bonchev–Trinajstić information content (AvgIpc) is 3.11. The Morgan fingerprint density at radius 1 is 1.33 bits per heavy atom. The second-order valence-electron chi connectivity index (χ2n) is 6.14. The number of anilines is 1. The lowest BCUT2D eigenvalue weighted by Gasteiger charge is -2.37. The number of nitro benzene ring substituents is 1. The molecule has 2 aliphatic rings. The first kappa shape index (κ1) is 17.1. The van der Waals surface area contributed by atoms with Crippen molar-refractivity contribution in [3.05, 3.63) is 34.1 Å². The molecule has 2 atom stereocenters. The number of nitro groups is 1. The summed E-state index contributed by atoms with van der Waals surface area (Å²) in [5.41, 5.74) is 0.108. The Kier molecular flexibility index (Phi) is 5.60. The number of rotatable bonds is 6. The van der Waals surface area contributed by atoms with Gasteiger partial charge in [0, 0.05) is 38.2 Å². The summed E-state index contributed by atoms with van der Waals surface area (Å²) < 4.78 is 24.2. The topological polar surface area (TPSA) is 76.9 Å². The molecule has 2 fully saturated rings. The van der Waals surface area contributed by atoms with Crippen LogP contribution in [0.1, 0.15) is 6.42 Å². The van der Waals surface area contributed by atoms with Gasteiger partial charge in [-0.05, 0) is 18.6 Å². The molecule has 24 heavy (non-hydrogen) atoms. The van der Waals surface area contributed by atoms with Crippen LogP contribution in [0.15, 0.2) is 18.2 Å². The number of morpholine rings is 1. The largest absolute Gasteiger partial charge is 0.381 e. The lowest BCUT2D eigenvalue weighted by Crippen LogP contribution is -2.50. The Morgan fingerprint density at radius 2 is 2.12 bits per heavy atom. The first-order chi connectivity index (χ1) is 11.6. The zero-order valence-corrected chi connectivity index (χ0v) is 13.4. The highest BCUT2D eigenvalue weighted by molar-refractivity contribution is 5.61. The van der Waals surface area contributed by atoms with Gasteiger partial charge >= 0.3 is 0 Å². The van der Waals surface area contributed by atoms with Crippen molar-refractivity contribution in [3.63, 3.8) is 0 Å². The molecule has 132 valence electrons. The maximum atomic E-state index is 13.3. The highest BCUT2D eigenvalue weighted by Gasteiger charge is 2.31. The van der Waals surface area contributed by atoms with Crippen molar-refractivity contribution in [2.75, 3.05) is 51.4 Å². The Balaban J connectivity index is 1.72. The molecule has 2 heterocycles. The third-order valence-corrected chi connectivity index (χ3v) is 4.68. The number of halogens is 1. The summed E-state index contributed by atoms with van der Waals surface area (Å²) in [5.74, 6) is -0.226. The van der Waals surface area contributed by atoms with Crippen LogP contribution in [0.3, 0.4) is 0 Å². The molecule has 0 aliphatic carbocycles. The molecule has 0 amide bonds. The predicted molar refractivity (Wildman–Crippen MR) is 86.7 cm³/mol. The second kappa shape index (κ2) is 7.87. The summed E-state index contributed by atoms with van der Waals surface area (Å²) in [4.78, 5) is 12.9. The molecule has 1 aromatic carbocycles. The van der Waals surface area contributed by atoms with Crippen molar-refractivity contribution in [2.24, 2.45) is 5.92 Å². The van der Waals surface area contributed by atoms with Crippen LogP contribution in [0.25, 0.3) is 0 Å². The first-order valence-electron chi connectivity index (χ1n) is 8.22. The second-order valence-corrected chi connectivity index (χ2v) is 6.14. The molecule has 0 saturated carbocycles. The van der Waals surface area contributed by atoms with E-state index < -0.39 is 10.7 Å². The van der Waals surface area contributed by atoms with E-state index in [-0.39, 0.29) is 11.7 Å². The molecule has 8 heteroatoms. The fourth-order valence-electron chi connectivity index (χ4n) is 3.38. The van der Waals surface area contributed by atoms with Gasteiger partial charge < -0.3 is 14.8 Å². The van der Waals surface area contributed by atoms with Crippen LogP contribution >= 0.6 is 0 Å². The smallest absolute Gasteiger partial charge is 0.295 e. The molecule has 2 aliphatic heterocycles. The molecule has 7 nitrogen and oxygen atoms in total. The third kappa shape index (κ3) is 4.00. The van der Waals surface area contributed by atoms with Gasteiger partial charge in [-0.2, -0.15) is 0 Å². The Labute approximate surface area is 139 Å². The van der Waals surface area contributed by atoms with Gasteiger partial charge in [-0.3, -0.25) is 15.0 Å². The summed E-state index contributed by atoms with van der Waals surface area (Å²) in [7, 11) is 0. The van der Waals surface area contributed by atoms with E-state index in [2.05, 4.69) is 10.2 Å². The minimum absolute atomic E-state index is 0.209. The Hall–Kier alpha value is -1.77. The summed E-state index contributed by atoms with van der Waals surface area (Å²) in [6, 6.07) is 3.82. The standard InChI is InChI=1S/C16H22FN3O4/c17-13-1-2-14(15(9-13)20(21)22)18-10-16(12-3-6-24-11-12)19-4-7-23-8-5-19/h1-2,9,12,16,18H,3-8,10-11H2/t12-,16+/m0/s1. The van der Waals surface area contributed by atoms with Gasteiger partial charge in [-0.25, -0.2) is 4.39 Å². The number of ether oxygens (including phenoxy) is 2. The molecule has 0 spiro atoms. The fraction of sp³-hybridized carbons (Fsp3) is 0.625. The van der Waals surface area contributed by atoms with Gasteiger partial charge in [0.25, 0.3) is 5.69 Å². The van der Waals surface area contributed by atoms with Crippen molar-refractivity contribution < 1.29 is 18.8 Å². The van der Waals surface area contributed by atoms with E-state index in [9.17, 15) is 14.5 Å². The summed E-state index contributed by atoms with van der Waals surface area (Å²) in [6.07, 6.45) is 0.981. The summed E-state index contributed by atoms with van der Waals surface area (Å²) >= 11 is 0. The van der Waals surface area contributed by atoms with Gasteiger partial charge in [0.2, 0.25) is 0 Å². The number of nitrogens with one attached hydrogen (secondary N) is 1. The highest BCUT2D eigenvalue weighted by atomic mass is 19.1. The minimum atomic E-state index is -0.610. The van der Waals surface area contributed by atoms with Gasteiger partial charge in [0.15, 0.2) is 0 Å². The normalized spacial score (nSPS) is 23.1. The van der Waals surface area contributed by atoms with Crippen LogP contribution in [0.5, 0.6) is 0 Å². The number of hydrogen-bond donors (Lipinski definition) is 1. The quantitative estimate of drug-likeness (QED) is 0.630. The predicted octanol–water partition coefficient (Wildman–Crippen LogP) is 1.88. The summed E-state index contributed by atoms with van der Waals surface area (Å²) in [5, 5.41) is 14.3. The average molecular weight is 339 g/mol. The maximum Gasteiger partial charge on any atom is 0.295 e. The van der Waals surface area contributed by atoms with E-state index in [0.29, 0.717) is 38.0 Å². The number of hydrogen-bond acceptors (Lipinski definition) is 6. The van der Waals surface area contributed by atoms with Crippen LogP contribution in [-0.4, -0.2) is 61.9 Å². The summed E-state index contributed by atoms with van der Waals surface area (Å²) in [6.45, 7) is 5.09. The SMILES string of the molecule is O=[N+]([O-])c1cc(F)ccc1NC[C@H]([C@H]1CCOC1)N1CCOCC1. The zero-order chi connectivity index (χ0) is 16.9. The molecule has 0 bridgehead atoms. The Bertz CT molecular complexity index is 574. The lowest BCUT2D eigenvalue weighted by atomic mass is 9.96. The molecule has 0 aromatic heterocycles. The number of nitrogens with zero attached hydrogens (tertiary/aromatic N) is 2. The zero-order valence-electron chi connectivity index (χ0n) is 13.4. The van der Waals surface area contributed by atoms with Crippen LogP contribution < -0.4 is 5.32 Å². The van der Waals surface area contributed by atoms with E-state index in [4.69, 9.17) is 9.47 Å². The van der Waals surface area contributed by atoms with Crippen LogP contribution in [-0.2, 0) is 9.47 Å². The lowest BCUT2D eigenvalue weighted by molar-refractivity contribution is -0.384. The van der Waals surface area contributed by atoms with Gasteiger partial charge in [0.1, 0.15) is 11.5 Å². The minimum Gasteiger partial charge on any atom is -0.381 e. The van der Waals surface area contributed by atoms with Crippen molar-refractivity contribution in [1.29, 1.82) is 0 Å². The van der Waals surface area contributed by atoms with E-state index in [1.807, 2.05) is 0 Å². The van der Waals surface area contributed by atoms with Gasteiger partial charge in [-0.15, -0.1) is 0 Å².